The third kappa shape index (κ3) is 15.0. The normalized spacial score (nSPS) is 42.1. The summed E-state index contributed by atoms with van der Waals surface area (Å²) in [7, 11) is 3.59. The van der Waals surface area contributed by atoms with Gasteiger partial charge >= 0.3 is 0 Å². The number of methoxy groups -OCH3 is 2. The molecule has 12 nitrogen and oxygen atoms in total. The molecular formula is C90H138O12. The molecule has 13 aliphatic carbocycles. The average Bonchev–Trinajstić information content (AvgIpc) is 1.26. The van der Waals surface area contributed by atoms with Gasteiger partial charge in [0, 0.05) is 53.2 Å². The number of aromatic hydroxyl groups is 3. The maximum Gasteiger partial charge on any atom is 0.115 e. The smallest absolute Gasteiger partial charge is 0.115 e. The molecule has 3 unspecified atom stereocenters. The standard InChI is InChI=1S/2C25H38O3.C21H36O3.C19H26O3/c1-3-13-28-14-5-4-6-17-15-22-20(19-8-7-18(26)16-21(17)19)11-12-25(2)23(22)9-10-24(25)27;1-3-28-14-6-4-5-7-17-15-22-20(19-9-8-18(26)16-21(17)19)12-13-25(2)23(22)10-11-24(25)27;1-20-8-6-14(22)11-18(20)13(12-24-3)10-15-16-4-5-19(23)21(16,2)9-7-17(15)20;1-22-10-11-8-18-14(13-3-2-12(20)9-17(11)13)4-5-16-15(18)6-7-19(16)21/h7-8,16-17,20,22-24,26-27H,3-6,9-15H2,1-2H3;8-9,16-17,20,22-24,26-27H,3-7,10-15H2,1-2H3;13-19,22-23H,4-12H2,1-3H3;2-3,9,11,14-16,18-21H,4-8,10H2,1H3/t2*17-,20-,22-,23+,24+,25+;13-,14?,15-,16-,17-,18?,19-,20+,21-;11-,14+,15+,16?,18+,19-/m1100/s1. The molecule has 12 heteroatoms. The van der Waals surface area contributed by atoms with Gasteiger partial charge in [-0.3, -0.25) is 0 Å². The number of unbranched alkanes of at least 4 members (excludes halogenated alkanes) is 3. The van der Waals surface area contributed by atoms with E-state index in [1.165, 1.54) is 149 Å². The molecule has 13 aliphatic rings. The first-order valence-electron chi connectivity index (χ1n) is 42.2. The number of aliphatic hydroxyl groups is 5. The number of phenolic OH excluding ortho intramolecular Hbond substituents is 3. The van der Waals surface area contributed by atoms with Crippen LogP contribution in [0.1, 0.15) is 309 Å². The van der Waals surface area contributed by atoms with Crippen molar-refractivity contribution in [2.45, 2.75) is 307 Å². The Hall–Kier alpha value is -3.30. The second-order valence-electron chi connectivity index (χ2n) is 37.2. The molecule has 3 aromatic rings. The Kier molecular flexibility index (Phi) is 24.8. The minimum absolute atomic E-state index is 0.0759. The molecule has 10 saturated carbocycles. The number of hydrogen-bond acceptors (Lipinski definition) is 12. The molecule has 27 atom stereocenters. The fraction of sp³-hybridized carbons (Fsp3) is 0.800. The Morgan fingerprint density at radius 3 is 1.37 bits per heavy atom. The van der Waals surface area contributed by atoms with Crippen molar-refractivity contribution in [3.05, 3.63) is 88.0 Å². The summed E-state index contributed by atoms with van der Waals surface area (Å²) in [5, 5.41) is 82.7. The first kappa shape index (κ1) is 76.9. The van der Waals surface area contributed by atoms with E-state index in [1.807, 2.05) is 43.5 Å². The zero-order chi connectivity index (χ0) is 71.8. The van der Waals surface area contributed by atoms with E-state index in [1.54, 1.807) is 7.11 Å². The van der Waals surface area contributed by atoms with Crippen molar-refractivity contribution >= 4 is 0 Å². The van der Waals surface area contributed by atoms with Crippen molar-refractivity contribution in [3.8, 4) is 17.2 Å². The van der Waals surface area contributed by atoms with Crippen LogP contribution in [0.3, 0.4) is 0 Å². The molecule has 0 aromatic heterocycles. The van der Waals surface area contributed by atoms with Crippen LogP contribution in [0.4, 0.5) is 0 Å². The first-order valence-corrected chi connectivity index (χ1v) is 42.2. The number of ether oxygens (including phenoxy) is 4. The SMILES string of the molecule is CCCOCCCC[C@@H]1C[C@@H]2[C@H](CC[C@]3(C)[C@@H](O)CC[C@@H]23)c2ccc(O)cc21.CCOCCCCC[C@@H]1C[C@@H]2[C@H](CC[C@]3(C)[C@@H](O)CC[C@@H]23)c2ccc(O)cc21.COC[C@@H]1C[C@@H]2[C@H](CCC3[C@H]2CC[C@@H]3O)c2ccc(O)cc21.COC[C@@H]1C[C@H]2[C@@H]3CC[C@H](O)[C@@]3(C)CC[C@@H]2[C@@]2(C)CCC(O)CC12. The molecule has 0 spiro atoms. The molecule has 16 rings (SSSR count). The highest BCUT2D eigenvalue weighted by molar-refractivity contribution is 5.45. The zero-order valence-corrected chi connectivity index (χ0v) is 64.3. The summed E-state index contributed by atoms with van der Waals surface area (Å²) >= 11 is 0. The van der Waals surface area contributed by atoms with Crippen LogP contribution < -0.4 is 0 Å². The highest BCUT2D eigenvalue weighted by Gasteiger charge is 2.63. The van der Waals surface area contributed by atoms with Crippen molar-refractivity contribution in [1.82, 2.24) is 0 Å². The average molecular weight is 1410 g/mol. The Bertz CT molecular complexity index is 3090. The molecule has 0 amide bonds. The lowest BCUT2D eigenvalue weighted by Gasteiger charge is -2.62. The van der Waals surface area contributed by atoms with Gasteiger partial charge in [-0.1, -0.05) is 72.1 Å². The predicted molar refractivity (Wildman–Crippen MR) is 405 cm³/mol. The number of hydrogen-bond donors (Lipinski definition) is 8. The van der Waals surface area contributed by atoms with Gasteiger partial charge < -0.3 is 59.8 Å². The number of benzene rings is 3. The highest BCUT2D eigenvalue weighted by Crippen LogP contribution is 2.69. The van der Waals surface area contributed by atoms with Crippen LogP contribution in [-0.4, -0.2) is 125 Å². The van der Waals surface area contributed by atoms with E-state index < -0.39 is 0 Å². The lowest BCUT2D eigenvalue weighted by molar-refractivity contribution is -0.162. The number of rotatable bonds is 18. The summed E-state index contributed by atoms with van der Waals surface area (Å²) in [4.78, 5) is 0. The van der Waals surface area contributed by atoms with Crippen LogP contribution in [0.25, 0.3) is 0 Å². The maximum absolute atomic E-state index is 10.7. The summed E-state index contributed by atoms with van der Waals surface area (Å²) in [5.41, 5.74) is 9.27. The van der Waals surface area contributed by atoms with Crippen molar-refractivity contribution < 1.29 is 59.8 Å². The summed E-state index contributed by atoms with van der Waals surface area (Å²) in [5.74, 6) is 12.5. The predicted octanol–water partition coefficient (Wildman–Crippen LogP) is 18.5. The summed E-state index contributed by atoms with van der Waals surface area (Å²) in [6.45, 7) is 18.8. The maximum atomic E-state index is 10.7. The molecule has 0 aliphatic heterocycles. The third-order valence-corrected chi connectivity index (χ3v) is 32.4. The van der Waals surface area contributed by atoms with Gasteiger partial charge in [0.25, 0.3) is 0 Å². The molecule has 3 aromatic carbocycles. The highest BCUT2D eigenvalue weighted by atomic mass is 16.5. The van der Waals surface area contributed by atoms with E-state index in [0.717, 1.165) is 135 Å². The third-order valence-electron chi connectivity index (χ3n) is 32.4. The van der Waals surface area contributed by atoms with Crippen molar-refractivity contribution in [2.75, 3.05) is 53.9 Å². The number of aliphatic hydroxyl groups excluding tert-OH is 5. The molecule has 0 bridgehead atoms. The van der Waals surface area contributed by atoms with Crippen LogP contribution in [-0.2, 0) is 18.9 Å². The first-order chi connectivity index (χ1) is 49.2. The summed E-state index contributed by atoms with van der Waals surface area (Å²) in [6.07, 6.45) is 35.0. The molecule has 10 fully saturated rings. The van der Waals surface area contributed by atoms with Gasteiger partial charge in [-0.2, -0.15) is 0 Å². The fourth-order valence-electron chi connectivity index (χ4n) is 27.2. The topological polar surface area (TPSA) is 199 Å². The van der Waals surface area contributed by atoms with Crippen molar-refractivity contribution in [1.29, 1.82) is 0 Å². The lowest BCUT2D eigenvalue weighted by Crippen LogP contribution is -2.57. The quantitative estimate of drug-likeness (QED) is 0.0562. The second-order valence-corrected chi connectivity index (χ2v) is 37.2. The number of phenols is 3. The molecule has 570 valence electrons. The van der Waals surface area contributed by atoms with E-state index >= 15 is 0 Å². The van der Waals surface area contributed by atoms with Gasteiger partial charge in [-0.05, 0) is 379 Å². The van der Waals surface area contributed by atoms with Gasteiger partial charge in [-0.15, -0.1) is 0 Å². The fourth-order valence-corrected chi connectivity index (χ4v) is 27.2. The van der Waals surface area contributed by atoms with Gasteiger partial charge in [0.1, 0.15) is 17.2 Å². The van der Waals surface area contributed by atoms with Crippen LogP contribution in [0.2, 0.25) is 0 Å². The zero-order valence-electron chi connectivity index (χ0n) is 64.3. The minimum Gasteiger partial charge on any atom is -0.508 e. The summed E-state index contributed by atoms with van der Waals surface area (Å²) < 4.78 is 22.2. The Morgan fingerprint density at radius 2 is 0.833 bits per heavy atom. The van der Waals surface area contributed by atoms with Gasteiger partial charge in [0.2, 0.25) is 0 Å². The summed E-state index contributed by atoms with van der Waals surface area (Å²) in [6, 6.07) is 18.2. The van der Waals surface area contributed by atoms with Crippen LogP contribution >= 0.6 is 0 Å². The molecular weight excluding hydrogens is 1270 g/mol. The lowest BCUT2D eigenvalue weighted by atomic mass is 9.43. The van der Waals surface area contributed by atoms with Crippen molar-refractivity contribution in [3.63, 3.8) is 0 Å². The number of fused-ring (bicyclic) bond motifs is 20. The molecule has 0 radical (unpaired) electrons. The van der Waals surface area contributed by atoms with E-state index in [9.17, 15) is 40.9 Å². The largest absolute Gasteiger partial charge is 0.508 e. The van der Waals surface area contributed by atoms with Crippen molar-refractivity contribution in [2.24, 2.45) is 92.7 Å². The van der Waals surface area contributed by atoms with Gasteiger partial charge in [0.05, 0.1) is 37.1 Å². The Balaban J connectivity index is 0.000000122. The minimum atomic E-state index is -0.117. The van der Waals surface area contributed by atoms with Crippen LogP contribution in [0.15, 0.2) is 54.6 Å². The Morgan fingerprint density at radius 1 is 0.373 bits per heavy atom. The van der Waals surface area contributed by atoms with Gasteiger partial charge in [-0.25, -0.2) is 0 Å². The molecule has 0 heterocycles. The van der Waals surface area contributed by atoms with E-state index in [4.69, 9.17) is 18.9 Å². The van der Waals surface area contributed by atoms with Crippen LogP contribution in [0.5, 0.6) is 17.2 Å². The van der Waals surface area contributed by atoms with E-state index in [2.05, 4.69) is 59.7 Å². The van der Waals surface area contributed by atoms with Gasteiger partial charge in [0.15, 0.2) is 0 Å². The Labute approximate surface area is 615 Å². The molecule has 8 N–H and O–H groups in total. The monoisotopic (exact) mass is 1410 g/mol. The van der Waals surface area contributed by atoms with Crippen LogP contribution in [0, 0.1) is 92.7 Å². The second kappa shape index (κ2) is 32.9. The molecule has 0 saturated heterocycles. The van der Waals surface area contributed by atoms with E-state index in [0.29, 0.717) is 117 Å². The van der Waals surface area contributed by atoms with E-state index in [-0.39, 0.29) is 46.8 Å². The molecule has 102 heavy (non-hydrogen) atoms.